The lowest BCUT2D eigenvalue weighted by Crippen LogP contribution is -2.23. The van der Waals surface area contributed by atoms with E-state index >= 15 is 0 Å². The molecule has 0 aliphatic heterocycles. The van der Waals surface area contributed by atoms with Crippen LogP contribution in [-0.4, -0.2) is 43.5 Å². The minimum atomic E-state index is -4.39. The molecule has 3 aromatic heterocycles. The summed E-state index contributed by atoms with van der Waals surface area (Å²) in [5.41, 5.74) is -0.260. The van der Waals surface area contributed by atoms with Gasteiger partial charge < -0.3 is 20.2 Å². The van der Waals surface area contributed by atoms with Gasteiger partial charge in [0, 0.05) is 18.0 Å². The van der Waals surface area contributed by atoms with Gasteiger partial charge in [-0.1, -0.05) is 13.8 Å². The van der Waals surface area contributed by atoms with E-state index in [9.17, 15) is 23.1 Å². The maximum Gasteiger partial charge on any atom is 0.405 e. The molecule has 206 valence electrons. The molecule has 0 unspecified atom stereocenters. The Kier molecular flexibility index (Phi) is 7.82. The standard InChI is InChI=1S/C26H33F3N6O3/c1-15(2)16-5-7-18(8-6-16)35-12-19(22(34-35)25(3,4)37)32-23(36)20-13-38-24(33-20)17-9-10-30-21(11-17)31-14-26(27,28)29/h9-13,15-16,18,37H,5-8,14H2,1-4H3,(H,30,31)(H,32,36). The van der Waals surface area contributed by atoms with Crippen LogP contribution in [0.25, 0.3) is 11.5 Å². The Morgan fingerprint density at radius 1 is 1.24 bits per heavy atom. The number of hydrogen-bond donors (Lipinski definition) is 3. The van der Waals surface area contributed by atoms with Crippen molar-refractivity contribution in [1.82, 2.24) is 19.7 Å². The molecule has 0 spiro atoms. The second kappa shape index (κ2) is 10.8. The summed E-state index contributed by atoms with van der Waals surface area (Å²) < 4.78 is 44.8. The average Bonchev–Trinajstić information content (AvgIpc) is 3.50. The van der Waals surface area contributed by atoms with Crippen LogP contribution >= 0.6 is 0 Å². The Morgan fingerprint density at radius 3 is 2.58 bits per heavy atom. The second-order valence-corrected chi connectivity index (χ2v) is 10.6. The maximum absolute atomic E-state index is 13.0. The normalized spacial score (nSPS) is 18.6. The van der Waals surface area contributed by atoms with Gasteiger partial charge in [0.05, 0.1) is 11.7 Å². The van der Waals surface area contributed by atoms with E-state index in [0.717, 1.165) is 31.9 Å². The first kappa shape index (κ1) is 27.6. The highest BCUT2D eigenvalue weighted by molar-refractivity contribution is 6.03. The first-order valence-electron chi connectivity index (χ1n) is 12.7. The summed E-state index contributed by atoms with van der Waals surface area (Å²) in [4.78, 5) is 21.1. The molecule has 1 amide bonds. The van der Waals surface area contributed by atoms with Crippen molar-refractivity contribution in [3.8, 4) is 11.5 Å². The molecule has 1 aliphatic rings. The second-order valence-electron chi connectivity index (χ2n) is 10.6. The summed E-state index contributed by atoms with van der Waals surface area (Å²) in [7, 11) is 0. The summed E-state index contributed by atoms with van der Waals surface area (Å²) in [5, 5.41) is 20.3. The van der Waals surface area contributed by atoms with Gasteiger partial charge in [0.15, 0.2) is 5.69 Å². The first-order chi connectivity index (χ1) is 17.8. The summed E-state index contributed by atoms with van der Waals surface area (Å²) in [6.07, 6.45) is 3.98. The zero-order chi connectivity index (χ0) is 27.7. The van der Waals surface area contributed by atoms with Crippen LogP contribution in [0.15, 0.2) is 35.2 Å². The van der Waals surface area contributed by atoms with Gasteiger partial charge in [-0.05, 0) is 63.5 Å². The zero-order valence-corrected chi connectivity index (χ0v) is 21.8. The predicted octanol–water partition coefficient (Wildman–Crippen LogP) is 5.77. The van der Waals surface area contributed by atoms with E-state index in [1.807, 2.05) is 4.68 Å². The molecular formula is C26H33F3N6O3. The smallest absolute Gasteiger partial charge is 0.405 e. The molecule has 1 aliphatic carbocycles. The number of aliphatic hydroxyl groups is 1. The van der Waals surface area contributed by atoms with Crippen LogP contribution in [0.3, 0.4) is 0 Å². The van der Waals surface area contributed by atoms with E-state index in [-0.39, 0.29) is 23.4 Å². The number of amides is 1. The number of carbonyl (C=O) groups excluding carboxylic acids is 1. The molecule has 1 saturated carbocycles. The number of halogens is 3. The Balaban J connectivity index is 1.49. The van der Waals surface area contributed by atoms with Crippen LogP contribution in [0.5, 0.6) is 0 Å². The Morgan fingerprint density at radius 2 is 1.95 bits per heavy atom. The van der Waals surface area contributed by atoms with Gasteiger partial charge in [-0.15, -0.1) is 0 Å². The van der Waals surface area contributed by atoms with Crippen LogP contribution in [0.4, 0.5) is 24.7 Å². The number of alkyl halides is 3. The third kappa shape index (κ3) is 6.72. The molecule has 0 radical (unpaired) electrons. The van der Waals surface area contributed by atoms with Crippen molar-refractivity contribution in [1.29, 1.82) is 0 Å². The summed E-state index contributed by atoms with van der Waals surface area (Å²) in [6.45, 7) is 6.46. The average molecular weight is 535 g/mol. The Bertz CT molecular complexity index is 1250. The monoisotopic (exact) mass is 534 g/mol. The number of nitrogens with one attached hydrogen (secondary N) is 2. The molecule has 1 fully saturated rings. The third-order valence-corrected chi connectivity index (χ3v) is 6.83. The third-order valence-electron chi connectivity index (χ3n) is 6.83. The van der Waals surface area contributed by atoms with E-state index < -0.39 is 24.2 Å². The Hall–Kier alpha value is -3.41. The van der Waals surface area contributed by atoms with Crippen molar-refractivity contribution in [2.45, 2.75) is 71.2 Å². The van der Waals surface area contributed by atoms with Crippen molar-refractivity contribution < 1.29 is 27.5 Å². The van der Waals surface area contributed by atoms with Crippen LogP contribution in [0, 0.1) is 11.8 Å². The quantitative estimate of drug-likeness (QED) is 0.336. The van der Waals surface area contributed by atoms with Crippen molar-refractivity contribution in [2.75, 3.05) is 17.2 Å². The molecule has 0 bridgehead atoms. The molecule has 9 nitrogen and oxygen atoms in total. The number of anilines is 2. The molecule has 4 rings (SSSR count). The van der Waals surface area contributed by atoms with Crippen molar-refractivity contribution >= 4 is 17.4 Å². The lowest BCUT2D eigenvalue weighted by Gasteiger charge is -2.31. The highest BCUT2D eigenvalue weighted by Gasteiger charge is 2.30. The molecule has 38 heavy (non-hydrogen) atoms. The maximum atomic E-state index is 13.0. The van der Waals surface area contributed by atoms with Crippen molar-refractivity contribution in [3.63, 3.8) is 0 Å². The number of oxazole rings is 1. The lowest BCUT2D eigenvalue weighted by molar-refractivity contribution is -0.115. The lowest BCUT2D eigenvalue weighted by atomic mass is 9.80. The van der Waals surface area contributed by atoms with Gasteiger partial charge in [-0.25, -0.2) is 9.97 Å². The van der Waals surface area contributed by atoms with E-state index in [4.69, 9.17) is 4.42 Å². The van der Waals surface area contributed by atoms with Crippen LogP contribution < -0.4 is 10.6 Å². The molecular weight excluding hydrogens is 501 g/mol. The number of carbonyl (C=O) groups is 1. The minimum Gasteiger partial charge on any atom is -0.444 e. The molecule has 3 heterocycles. The van der Waals surface area contributed by atoms with Crippen molar-refractivity contribution in [2.24, 2.45) is 11.8 Å². The van der Waals surface area contributed by atoms with Gasteiger partial charge >= 0.3 is 6.18 Å². The van der Waals surface area contributed by atoms with Crippen LogP contribution in [-0.2, 0) is 5.60 Å². The molecule has 3 aromatic rings. The fourth-order valence-electron chi connectivity index (χ4n) is 4.70. The van der Waals surface area contributed by atoms with E-state index in [1.54, 1.807) is 20.0 Å². The van der Waals surface area contributed by atoms with Gasteiger partial charge in [-0.2, -0.15) is 18.3 Å². The largest absolute Gasteiger partial charge is 0.444 e. The minimum absolute atomic E-state index is 0.00585. The van der Waals surface area contributed by atoms with Crippen LogP contribution in [0.1, 0.15) is 75.6 Å². The summed E-state index contributed by atoms with van der Waals surface area (Å²) >= 11 is 0. The summed E-state index contributed by atoms with van der Waals surface area (Å²) in [6, 6.07) is 3.04. The fraction of sp³-hybridized carbons (Fsp3) is 0.538. The van der Waals surface area contributed by atoms with E-state index in [2.05, 4.69) is 39.5 Å². The number of pyridine rings is 1. The number of rotatable bonds is 8. The molecule has 12 heteroatoms. The van der Waals surface area contributed by atoms with Crippen LogP contribution in [0.2, 0.25) is 0 Å². The number of hydrogen-bond acceptors (Lipinski definition) is 7. The van der Waals surface area contributed by atoms with E-state index in [0.29, 0.717) is 28.8 Å². The number of aromatic nitrogens is 4. The highest BCUT2D eigenvalue weighted by atomic mass is 19.4. The van der Waals surface area contributed by atoms with Gasteiger partial charge in [-0.3, -0.25) is 9.48 Å². The van der Waals surface area contributed by atoms with E-state index in [1.165, 1.54) is 18.3 Å². The molecule has 3 N–H and O–H groups in total. The van der Waals surface area contributed by atoms with Gasteiger partial charge in [0.2, 0.25) is 5.89 Å². The first-order valence-corrected chi connectivity index (χ1v) is 12.7. The zero-order valence-electron chi connectivity index (χ0n) is 21.8. The fourth-order valence-corrected chi connectivity index (χ4v) is 4.70. The summed E-state index contributed by atoms with van der Waals surface area (Å²) in [5.74, 6) is 0.797. The number of nitrogens with zero attached hydrogens (tertiary/aromatic N) is 4. The van der Waals surface area contributed by atoms with Gasteiger partial charge in [0.25, 0.3) is 5.91 Å². The molecule has 0 saturated heterocycles. The highest BCUT2D eigenvalue weighted by Crippen LogP contribution is 2.37. The molecule has 0 atom stereocenters. The van der Waals surface area contributed by atoms with Gasteiger partial charge in [0.1, 0.15) is 29.9 Å². The SMILES string of the molecule is CC(C)C1CCC(n2cc(NC(=O)c3coc(-c4ccnc(NCC(F)(F)F)c4)n3)c(C(C)(C)O)n2)CC1. The molecule has 0 aromatic carbocycles. The topological polar surface area (TPSA) is 118 Å². The Labute approximate surface area is 218 Å². The predicted molar refractivity (Wildman–Crippen MR) is 136 cm³/mol. The van der Waals surface area contributed by atoms with Crippen molar-refractivity contribution in [3.05, 3.63) is 42.2 Å².